The Labute approximate surface area is 144 Å². The number of nitrogens with zero attached hydrogens (tertiary/aromatic N) is 2. The Kier molecular flexibility index (Phi) is 4.49. The van der Waals surface area contributed by atoms with E-state index in [9.17, 15) is 9.18 Å². The van der Waals surface area contributed by atoms with Gasteiger partial charge in [-0.15, -0.1) is 11.3 Å². The summed E-state index contributed by atoms with van der Waals surface area (Å²) in [6.45, 7) is 3.96. The molecule has 3 rings (SSSR count). The van der Waals surface area contributed by atoms with Gasteiger partial charge in [0.2, 0.25) is 0 Å². The predicted octanol–water partition coefficient (Wildman–Crippen LogP) is 3.76. The summed E-state index contributed by atoms with van der Waals surface area (Å²) in [6, 6.07) is 7.57. The maximum Gasteiger partial charge on any atom is 0.262 e. The molecular weight excluding hydrogens is 325 g/mol. The van der Waals surface area contributed by atoms with Crippen molar-refractivity contribution in [3.63, 3.8) is 0 Å². The maximum absolute atomic E-state index is 13.6. The van der Waals surface area contributed by atoms with Gasteiger partial charge in [0.15, 0.2) is 0 Å². The van der Waals surface area contributed by atoms with Gasteiger partial charge in [-0.3, -0.25) is 4.79 Å². The lowest BCUT2D eigenvalue weighted by molar-refractivity contribution is 0.0945. The minimum atomic E-state index is -0.518. The molecule has 1 amide bonds. The number of hydrogen-bond donors (Lipinski definition) is 1. The van der Waals surface area contributed by atoms with E-state index in [0.29, 0.717) is 16.3 Å². The summed E-state index contributed by atoms with van der Waals surface area (Å²) in [5.41, 5.74) is 1.74. The van der Waals surface area contributed by atoms with Gasteiger partial charge in [0.05, 0.1) is 4.88 Å². The summed E-state index contributed by atoms with van der Waals surface area (Å²) in [7, 11) is 1.85. The van der Waals surface area contributed by atoms with E-state index in [2.05, 4.69) is 10.3 Å². The summed E-state index contributed by atoms with van der Waals surface area (Å²) in [4.78, 5) is 18.7. The highest BCUT2D eigenvalue weighted by molar-refractivity contribution is 7.14. The molecule has 2 heterocycles. The number of rotatable bonds is 4. The second kappa shape index (κ2) is 6.57. The number of amides is 1. The minimum Gasteiger partial charge on any atom is -0.337 e. The number of aromatic nitrogens is 2. The standard InChI is InChI=1S/C18H18FN3OS/c1-11-9-15(24-12(11)2)18(23)21-16(17-20-7-8-22(17)3)13-5-4-6-14(19)10-13/h4-10,16H,1-3H3,(H,21,23)/t16-/m0/s1. The number of benzene rings is 1. The van der Waals surface area contributed by atoms with Crippen LogP contribution in [0.15, 0.2) is 42.7 Å². The number of halogens is 1. The molecule has 0 aliphatic rings. The molecule has 0 radical (unpaired) electrons. The van der Waals surface area contributed by atoms with Gasteiger partial charge in [-0.2, -0.15) is 0 Å². The molecule has 0 saturated carbocycles. The van der Waals surface area contributed by atoms with E-state index in [-0.39, 0.29) is 11.7 Å². The molecule has 0 fully saturated rings. The number of thiophene rings is 1. The lowest BCUT2D eigenvalue weighted by Gasteiger charge is -2.19. The highest BCUT2D eigenvalue weighted by Gasteiger charge is 2.22. The van der Waals surface area contributed by atoms with Crippen molar-refractivity contribution in [1.29, 1.82) is 0 Å². The fraction of sp³-hybridized carbons (Fsp3) is 0.222. The van der Waals surface area contributed by atoms with E-state index in [1.165, 1.54) is 23.5 Å². The summed E-state index contributed by atoms with van der Waals surface area (Å²) in [6.07, 6.45) is 3.46. The SMILES string of the molecule is Cc1cc(C(=O)N[C@@H](c2cccc(F)c2)c2nccn2C)sc1C. The number of carbonyl (C=O) groups excluding carboxylic acids is 1. The van der Waals surface area contributed by atoms with Crippen LogP contribution in [0.2, 0.25) is 0 Å². The van der Waals surface area contributed by atoms with Crippen molar-refractivity contribution >= 4 is 17.2 Å². The van der Waals surface area contributed by atoms with Gasteiger partial charge in [0, 0.05) is 24.3 Å². The van der Waals surface area contributed by atoms with Crippen molar-refractivity contribution in [3.8, 4) is 0 Å². The van der Waals surface area contributed by atoms with Crippen LogP contribution in [0.3, 0.4) is 0 Å². The average Bonchev–Trinajstić information content (AvgIpc) is 3.11. The van der Waals surface area contributed by atoms with E-state index in [0.717, 1.165) is 10.4 Å². The number of carbonyl (C=O) groups is 1. The van der Waals surface area contributed by atoms with Crippen LogP contribution in [0.4, 0.5) is 4.39 Å². The fourth-order valence-electron chi connectivity index (χ4n) is 2.53. The van der Waals surface area contributed by atoms with Gasteiger partial charge < -0.3 is 9.88 Å². The molecule has 0 saturated heterocycles. The molecule has 1 N–H and O–H groups in total. The topological polar surface area (TPSA) is 46.9 Å². The quantitative estimate of drug-likeness (QED) is 0.784. The summed E-state index contributed by atoms with van der Waals surface area (Å²) in [5, 5.41) is 2.98. The first kappa shape index (κ1) is 16.4. The molecular formula is C18H18FN3OS. The third-order valence-electron chi connectivity index (χ3n) is 3.96. The smallest absolute Gasteiger partial charge is 0.262 e. The molecule has 1 atom stereocenters. The minimum absolute atomic E-state index is 0.187. The van der Waals surface area contributed by atoms with E-state index in [1.807, 2.05) is 31.5 Å². The van der Waals surface area contributed by atoms with Gasteiger partial charge in [0.25, 0.3) is 5.91 Å². The van der Waals surface area contributed by atoms with Crippen molar-refractivity contribution in [2.24, 2.45) is 7.05 Å². The first-order valence-corrected chi connectivity index (χ1v) is 8.38. The number of imidazole rings is 1. The fourth-order valence-corrected chi connectivity index (χ4v) is 3.46. The third-order valence-corrected chi connectivity index (χ3v) is 5.12. The molecule has 124 valence electrons. The van der Waals surface area contributed by atoms with Crippen molar-refractivity contribution in [1.82, 2.24) is 14.9 Å². The Hall–Kier alpha value is -2.47. The molecule has 0 spiro atoms. The molecule has 4 nitrogen and oxygen atoms in total. The van der Waals surface area contributed by atoms with E-state index in [4.69, 9.17) is 0 Å². The Morgan fingerprint density at radius 2 is 2.12 bits per heavy atom. The first-order valence-electron chi connectivity index (χ1n) is 7.56. The van der Waals surface area contributed by atoms with Crippen molar-refractivity contribution in [2.45, 2.75) is 19.9 Å². The van der Waals surface area contributed by atoms with Gasteiger partial charge in [0.1, 0.15) is 17.7 Å². The molecule has 24 heavy (non-hydrogen) atoms. The Bertz CT molecular complexity index is 865. The first-order chi connectivity index (χ1) is 11.5. The van der Waals surface area contributed by atoms with Gasteiger partial charge in [-0.25, -0.2) is 9.37 Å². The van der Waals surface area contributed by atoms with Crippen molar-refractivity contribution < 1.29 is 9.18 Å². The highest BCUT2D eigenvalue weighted by Crippen LogP contribution is 2.24. The normalized spacial score (nSPS) is 12.2. The van der Waals surface area contributed by atoms with Crippen LogP contribution in [0.25, 0.3) is 0 Å². The number of nitrogens with one attached hydrogen (secondary N) is 1. The van der Waals surface area contributed by atoms with Gasteiger partial charge in [-0.05, 0) is 43.2 Å². The van der Waals surface area contributed by atoms with Crippen LogP contribution in [-0.4, -0.2) is 15.5 Å². The number of hydrogen-bond acceptors (Lipinski definition) is 3. The lowest BCUT2D eigenvalue weighted by Crippen LogP contribution is -2.30. The largest absolute Gasteiger partial charge is 0.337 e. The molecule has 1 aromatic carbocycles. The summed E-state index contributed by atoms with van der Waals surface area (Å²) < 4.78 is 15.5. The van der Waals surface area contributed by atoms with Crippen LogP contribution in [0.5, 0.6) is 0 Å². The van der Waals surface area contributed by atoms with Crippen LogP contribution in [0.1, 0.15) is 37.5 Å². The Morgan fingerprint density at radius 3 is 2.71 bits per heavy atom. The lowest BCUT2D eigenvalue weighted by atomic mass is 10.1. The molecule has 0 bridgehead atoms. The second-order valence-corrected chi connectivity index (χ2v) is 6.96. The average molecular weight is 343 g/mol. The highest BCUT2D eigenvalue weighted by atomic mass is 32.1. The molecule has 3 aromatic rings. The zero-order valence-electron chi connectivity index (χ0n) is 13.7. The van der Waals surface area contributed by atoms with Crippen LogP contribution in [-0.2, 0) is 7.05 Å². The predicted molar refractivity (Wildman–Crippen MR) is 92.7 cm³/mol. The molecule has 6 heteroatoms. The zero-order chi connectivity index (χ0) is 17.3. The third kappa shape index (κ3) is 3.23. The Morgan fingerprint density at radius 1 is 1.33 bits per heavy atom. The number of aryl methyl sites for hydroxylation is 3. The molecule has 0 aliphatic heterocycles. The monoisotopic (exact) mass is 343 g/mol. The zero-order valence-corrected chi connectivity index (χ0v) is 14.5. The molecule has 0 unspecified atom stereocenters. The van der Waals surface area contributed by atoms with Crippen LogP contribution < -0.4 is 5.32 Å². The van der Waals surface area contributed by atoms with Gasteiger partial charge in [-0.1, -0.05) is 12.1 Å². The molecule has 2 aromatic heterocycles. The maximum atomic E-state index is 13.6. The Balaban J connectivity index is 1.96. The van der Waals surface area contributed by atoms with Crippen LogP contribution >= 0.6 is 11.3 Å². The van der Waals surface area contributed by atoms with E-state index >= 15 is 0 Å². The summed E-state index contributed by atoms with van der Waals surface area (Å²) >= 11 is 1.45. The van der Waals surface area contributed by atoms with Gasteiger partial charge >= 0.3 is 0 Å². The molecule has 0 aliphatic carbocycles. The van der Waals surface area contributed by atoms with Crippen molar-refractivity contribution in [3.05, 3.63) is 75.2 Å². The second-order valence-electron chi connectivity index (χ2n) is 5.71. The van der Waals surface area contributed by atoms with Crippen molar-refractivity contribution in [2.75, 3.05) is 0 Å². The van der Waals surface area contributed by atoms with E-state index < -0.39 is 6.04 Å². The summed E-state index contributed by atoms with van der Waals surface area (Å²) in [5.74, 6) is 0.121. The van der Waals surface area contributed by atoms with Crippen LogP contribution in [0, 0.1) is 19.7 Å². The van der Waals surface area contributed by atoms with E-state index in [1.54, 1.807) is 24.5 Å².